The Balaban J connectivity index is 1.42. The van der Waals surface area contributed by atoms with E-state index in [1.54, 1.807) is 6.07 Å². The second-order valence-electron chi connectivity index (χ2n) is 5.81. The van der Waals surface area contributed by atoms with Crippen molar-refractivity contribution in [2.24, 2.45) is 5.92 Å². The van der Waals surface area contributed by atoms with Crippen LogP contribution in [-0.2, 0) is 11.3 Å². The molecule has 2 atom stereocenters. The molecule has 1 aliphatic rings. The van der Waals surface area contributed by atoms with Crippen molar-refractivity contribution in [1.82, 2.24) is 20.1 Å². The molecule has 1 aliphatic heterocycles. The lowest BCUT2D eigenvalue weighted by Crippen LogP contribution is -2.28. The zero-order valence-electron chi connectivity index (χ0n) is 13.8. The Labute approximate surface area is 141 Å². The third-order valence-electron chi connectivity index (χ3n) is 4.17. The lowest BCUT2D eigenvalue weighted by molar-refractivity contribution is 0.0902. The smallest absolute Gasteiger partial charge is 0.250 e. The first-order valence-corrected chi connectivity index (χ1v) is 8.36. The van der Waals surface area contributed by atoms with Gasteiger partial charge in [-0.1, -0.05) is 0 Å². The summed E-state index contributed by atoms with van der Waals surface area (Å²) in [5.74, 6) is 0.0224. The largest absolute Gasteiger partial charge is 0.474 e. The normalized spacial score (nSPS) is 20.4. The average Bonchev–Trinajstić information content (AvgIpc) is 3.24. The summed E-state index contributed by atoms with van der Waals surface area (Å²) in [4.78, 5) is 3.86. The van der Waals surface area contributed by atoms with Crippen LogP contribution >= 0.6 is 0 Å². The second-order valence-corrected chi connectivity index (χ2v) is 5.81. The Morgan fingerprint density at radius 3 is 3.21 bits per heavy atom. The number of halogens is 1. The molecule has 0 amide bonds. The van der Waals surface area contributed by atoms with E-state index >= 15 is 0 Å². The summed E-state index contributed by atoms with van der Waals surface area (Å²) in [6.45, 7) is 5.53. The summed E-state index contributed by atoms with van der Waals surface area (Å²) in [5.41, 5.74) is 1.13. The summed E-state index contributed by atoms with van der Waals surface area (Å²) >= 11 is 0. The van der Waals surface area contributed by atoms with Gasteiger partial charge in [-0.15, -0.1) is 0 Å². The van der Waals surface area contributed by atoms with E-state index in [9.17, 15) is 4.39 Å². The van der Waals surface area contributed by atoms with Crippen molar-refractivity contribution < 1.29 is 13.9 Å². The van der Waals surface area contributed by atoms with Gasteiger partial charge in [0.1, 0.15) is 6.61 Å². The van der Waals surface area contributed by atoms with E-state index in [1.807, 2.05) is 10.9 Å². The van der Waals surface area contributed by atoms with Gasteiger partial charge in [-0.25, -0.2) is 9.37 Å². The van der Waals surface area contributed by atoms with Crippen molar-refractivity contribution >= 4 is 0 Å². The van der Waals surface area contributed by atoms with E-state index in [4.69, 9.17) is 9.47 Å². The molecule has 2 aromatic rings. The minimum absolute atomic E-state index is 0.0494. The van der Waals surface area contributed by atoms with Gasteiger partial charge in [-0.3, -0.25) is 4.68 Å². The van der Waals surface area contributed by atoms with Crippen LogP contribution in [0.1, 0.15) is 25.0 Å². The average molecular weight is 334 g/mol. The van der Waals surface area contributed by atoms with Gasteiger partial charge in [0.25, 0.3) is 0 Å². The fourth-order valence-electron chi connectivity index (χ4n) is 2.90. The second kappa shape index (κ2) is 8.21. The molecule has 0 radical (unpaired) electrons. The number of hydrogen-bond donors (Lipinski definition) is 1. The number of nitrogens with one attached hydrogen (secondary N) is 1. The van der Waals surface area contributed by atoms with Crippen LogP contribution in [0, 0.1) is 11.7 Å². The predicted molar refractivity (Wildman–Crippen MR) is 87.3 cm³/mol. The topological polar surface area (TPSA) is 61.2 Å². The van der Waals surface area contributed by atoms with Gasteiger partial charge < -0.3 is 14.8 Å². The molecule has 0 bridgehead atoms. The molecule has 24 heavy (non-hydrogen) atoms. The summed E-state index contributed by atoms with van der Waals surface area (Å²) in [7, 11) is 0. The lowest BCUT2D eigenvalue weighted by atomic mass is 9.97. The molecule has 3 heterocycles. The molecule has 0 saturated carbocycles. The van der Waals surface area contributed by atoms with Crippen molar-refractivity contribution in [3.8, 4) is 5.88 Å². The molecule has 1 saturated heterocycles. The van der Waals surface area contributed by atoms with E-state index < -0.39 is 5.82 Å². The quantitative estimate of drug-likeness (QED) is 0.750. The van der Waals surface area contributed by atoms with Crippen LogP contribution in [0.3, 0.4) is 0 Å². The molecule has 6 nitrogen and oxygen atoms in total. The molecule has 1 fully saturated rings. The fraction of sp³-hybridized carbons (Fsp3) is 0.529. The SMILES string of the molecule is CCn1cc([C@H]2OCC[C@@H]2CNCCOc2ncccc2F)cn1. The van der Waals surface area contributed by atoms with Crippen LogP contribution in [0.4, 0.5) is 4.39 Å². The monoisotopic (exact) mass is 334 g/mol. The summed E-state index contributed by atoms with van der Waals surface area (Å²) in [6.07, 6.45) is 6.56. The standard InChI is InChI=1S/C17H23FN4O2/c1-2-22-12-14(11-21-22)16-13(5-8-23-16)10-19-7-9-24-17-15(18)4-3-6-20-17/h3-4,6,11-13,16,19H,2,5,7-10H2,1H3/t13-,16+/m1/s1. The molecule has 2 aromatic heterocycles. The molecule has 3 rings (SSSR count). The Hall–Kier alpha value is -1.99. The molecule has 0 aromatic carbocycles. The highest BCUT2D eigenvalue weighted by Gasteiger charge is 2.30. The van der Waals surface area contributed by atoms with Crippen LogP contribution in [0.25, 0.3) is 0 Å². The Kier molecular flexibility index (Phi) is 5.77. The number of rotatable bonds is 8. The number of pyridine rings is 1. The van der Waals surface area contributed by atoms with Crippen LogP contribution in [0.15, 0.2) is 30.7 Å². The predicted octanol–water partition coefficient (Wildman–Crippen LogP) is 2.18. The van der Waals surface area contributed by atoms with Crippen LogP contribution in [0.5, 0.6) is 5.88 Å². The van der Waals surface area contributed by atoms with Crippen molar-refractivity contribution in [3.63, 3.8) is 0 Å². The molecule has 0 spiro atoms. The first-order valence-electron chi connectivity index (χ1n) is 8.36. The van der Waals surface area contributed by atoms with E-state index in [-0.39, 0.29) is 12.0 Å². The number of nitrogens with zero attached hydrogens (tertiary/aromatic N) is 3. The zero-order valence-corrected chi connectivity index (χ0v) is 13.8. The highest BCUT2D eigenvalue weighted by Crippen LogP contribution is 2.33. The number of ether oxygens (including phenoxy) is 2. The molecule has 1 N–H and O–H groups in total. The summed E-state index contributed by atoms with van der Waals surface area (Å²) < 4.78 is 26.5. The Bertz CT molecular complexity index is 649. The Morgan fingerprint density at radius 2 is 2.42 bits per heavy atom. The summed E-state index contributed by atoms with van der Waals surface area (Å²) in [6, 6.07) is 2.88. The van der Waals surface area contributed by atoms with E-state index in [2.05, 4.69) is 28.5 Å². The number of hydrogen-bond acceptors (Lipinski definition) is 5. The first-order chi connectivity index (χ1) is 11.8. The van der Waals surface area contributed by atoms with E-state index in [1.165, 1.54) is 12.3 Å². The van der Waals surface area contributed by atoms with Gasteiger partial charge in [0.2, 0.25) is 5.88 Å². The van der Waals surface area contributed by atoms with Crippen LogP contribution in [0.2, 0.25) is 0 Å². The van der Waals surface area contributed by atoms with Gasteiger partial charge in [0.15, 0.2) is 5.82 Å². The molecular formula is C17H23FN4O2. The van der Waals surface area contributed by atoms with Gasteiger partial charge >= 0.3 is 0 Å². The minimum atomic E-state index is -0.435. The van der Waals surface area contributed by atoms with E-state index in [0.717, 1.165) is 31.7 Å². The lowest BCUT2D eigenvalue weighted by Gasteiger charge is -2.18. The maximum Gasteiger partial charge on any atom is 0.250 e. The van der Waals surface area contributed by atoms with Crippen molar-refractivity contribution in [2.45, 2.75) is 26.0 Å². The van der Waals surface area contributed by atoms with Gasteiger partial charge in [0.05, 0.1) is 12.3 Å². The number of aryl methyl sites for hydroxylation is 1. The molecular weight excluding hydrogens is 311 g/mol. The zero-order chi connectivity index (χ0) is 16.8. The Morgan fingerprint density at radius 1 is 1.50 bits per heavy atom. The van der Waals surface area contributed by atoms with Crippen molar-refractivity contribution in [2.75, 3.05) is 26.3 Å². The van der Waals surface area contributed by atoms with Crippen molar-refractivity contribution in [3.05, 3.63) is 42.1 Å². The molecule has 7 heteroatoms. The maximum atomic E-state index is 13.4. The van der Waals surface area contributed by atoms with Crippen molar-refractivity contribution in [1.29, 1.82) is 0 Å². The molecule has 0 unspecified atom stereocenters. The van der Waals surface area contributed by atoms with Gasteiger partial charge in [0, 0.05) is 50.1 Å². The highest BCUT2D eigenvalue weighted by molar-refractivity contribution is 5.13. The maximum absolute atomic E-state index is 13.4. The molecule has 130 valence electrons. The summed E-state index contributed by atoms with van der Waals surface area (Å²) in [5, 5.41) is 7.67. The third-order valence-corrected chi connectivity index (χ3v) is 4.17. The van der Waals surface area contributed by atoms with Gasteiger partial charge in [-0.2, -0.15) is 5.10 Å². The third kappa shape index (κ3) is 4.10. The van der Waals surface area contributed by atoms with E-state index in [0.29, 0.717) is 19.1 Å². The molecule has 0 aliphatic carbocycles. The van der Waals surface area contributed by atoms with Gasteiger partial charge in [-0.05, 0) is 25.5 Å². The fourth-order valence-corrected chi connectivity index (χ4v) is 2.90. The minimum Gasteiger partial charge on any atom is -0.474 e. The van der Waals surface area contributed by atoms with Crippen LogP contribution in [-0.4, -0.2) is 41.1 Å². The number of aromatic nitrogens is 3. The van der Waals surface area contributed by atoms with Crippen LogP contribution < -0.4 is 10.1 Å². The highest BCUT2D eigenvalue weighted by atomic mass is 19.1. The first kappa shape index (κ1) is 16.9.